The van der Waals surface area contributed by atoms with Gasteiger partial charge in [0.1, 0.15) is 0 Å². The summed E-state index contributed by atoms with van der Waals surface area (Å²) >= 11 is 0. The summed E-state index contributed by atoms with van der Waals surface area (Å²) in [6.07, 6.45) is 3.66. The molecule has 1 heterocycles. The van der Waals surface area contributed by atoms with Crippen molar-refractivity contribution in [2.75, 3.05) is 11.9 Å². The third-order valence-corrected chi connectivity index (χ3v) is 3.78. The second-order valence-corrected chi connectivity index (χ2v) is 6.11. The third kappa shape index (κ3) is 4.45. The van der Waals surface area contributed by atoms with Crippen LogP contribution in [0.2, 0.25) is 0 Å². The van der Waals surface area contributed by atoms with Gasteiger partial charge < -0.3 is 10.4 Å². The maximum atomic E-state index is 10.7. The molecule has 0 unspecified atom stereocenters. The molecule has 0 saturated carbocycles. The maximum Gasteiger partial charge on any atom is 0.303 e. The number of hydrogen-bond donors (Lipinski definition) is 2. The molecule has 1 aromatic heterocycles. The van der Waals surface area contributed by atoms with Gasteiger partial charge in [0.05, 0.1) is 5.52 Å². The number of para-hydroxylation sites is 1. The van der Waals surface area contributed by atoms with Crippen molar-refractivity contribution in [3.63, 3.8) is 0 Å². The molecule has 0 fully saturated rings. The molecule has 0 aliphatic heterocycles. The van der Waals surface area contributed by atoms with Crippen LogP contribution >= 0.6 is 0 Å². The van der Waals surface area contributed by atoms with E-state index in [-0.39, 0.29) is 11.8 Å². The highest BCUT2D eigenvalue weighted by atomic mass is 16.4. The number of fused-ring (bicyclic) bond motifs is 1. The molecule has 0 atom stereocenters. The molecular formula is C17H22N2O2. The van der Waals surface area contributed by atoms with Crippen LogP contribution < -0.4 is 5.32 Å². The normalized spacial score (nSPS) is 11.5. The van der Waals surface area contributed by atoms with Crippen LogP contribution in [0.5, 0.6) is 0 Å². The van der Waals surface area contributed by atoms with Gasteiger partial charge in [-0.2, -0.15) is 0 Å². The molecular weight excluding hydrogens is 264 g/mol. The molecule has 0 bridgehead atoms. The van der Waals surface area contributed by atoms with Crippen LogP contribution in [0.1, 0.15) is 33.1 Å². The molecule has 0 spiro atoms. The fraction of sp³-hybridized carbons (Fsp3) is 0.412. The first-order chi connectivity index (χ1) is 9.98. The molecule has 0 saturated heterocycles. The quantitative estimate of drug-likeness (QED) is 0.809. The Kier molecular flexibility index (Phi) is 4.78. The van der Waals surface area contributed by atoms with E-state index in [1.807, 2.05) is 24.3 Å². The van der Waals surface area contributed by atoms with E-state index in [2.05, 4.69) is 30.2 Å². The van der Waals surface area contributed by atoms with Crippen molar-refractivity contribution in [2.45, 2.75) is 33.1 Å². The Morgan fingerprint density at radius 2 is 2.00 bits per heavy atom. The van der Waals surface area contributed by atoms with Crippen molar-refractivity contribution in [1.82, 2.24) is 4.98 Å². The monoisotopic (exact) mass is 286 g/mol. The summed E-state index contributed by atoms with van der Waals surface area (Å²) in [5, 5.41) is 13.3. The fourth-order valence-corrected chi connectivity index (χ4v) is 2.36. The summed E-state index contributed by atoms with van der Waals surface area (Å²) < 4.78 is 0. The van der Waals surface area contributed by atoms with E-state index < -0.39 is 5.97 Å². The van der Waals surface area contributed by atoms with E-state index in [0.29, 0.717) is 6.42 Å². The molecule has 4 heteroatoms. The van der Waals surface area contributed by atoms with Crippen LogP contribution in [0.25, 0.3) is 10.9 Å². The zero-order valence-corrected chi connectivity index (χ0v) is 12.6. The van der Waals surface area contributed by atoms with Gasteiger partial charge in [-0.25, -0.2) is 0 Å². The average molecular weight is 286 g/mol. The van der Waals surface area contributed by atoms with Crippen LogP contribution in [0.4, 0.5) is 5.69 Å². The summed E-state index contributed by atoms with van der Waals surface area (Å²) in [5.41, 5.74) is 2.08. The SMILES string of the molecule is CC(C)(CCNc1ccnc2ccccc12)CCC(=O)O. The van der Waals surface area contributed by atoms with Crippen molar-refractivity contribution < 1.29 is 9.90 Å². The first-order valence-electron chi connectivity index (χ1n) is 7.27. The topological polar surface area (TPSA) is 62.2 Å². The van der Waals surface area contributed by atoms with Crippen LogP contribution in [0.15, 0.2) is 36.5 Å². The first kappa shape index (κ1) is 15.3. The molecule has 112 valence electrons. The van der Waals surface area contributed by atoms with Crippen molar-refractivity contribution >= 4 is 22.6 Å². The Morgan fingerprint density at radius 3 is 2.76 bits per heavy atom. The van der Waals surface area contributed by atoms with Crippen LogP contribution in [-0.4, -0.2) is 22.6 Å². The summed E-state index contributed by atoms with van der Waals surface area (Å²) in [5.74, 6) is -0.726. The largest absolute Gasteiger partial charge is 0.481 e. The van der Waals surface area contributed by atoms with Gasteiger partial charge in [0.15, 0.2) is 0 Å². The molecule has 2 N–H and O–H groups in total. The van der Waals surface area contributed by atoms with Gasteiger partial charge >= 0.3 is 5.97 Å². The summed E-state index contributed by atoms with van der Waals surface area (Å²) in [7, 11) is 0. The zero-order chi connectivity index (χ0) is 15.3. The lowest BCUT2D eigenvalue weighted by molar-refractivity contribution is -0.137. The highest BCUT2D eigenvalue weighted by Crippen LogP contribution is 2.27. The van der Waals surface area contributed by atoms with E-state index in [1.165, 1.54) is 0 Å². The Morgan fingerprint density at radius 1 is 1.24 bits per heavy atom. The highest BCUT2D eigenvalue weighted by molar-refractivity contribution is 5.90. The molecule has 2 aromatic rings. The van der Waals surface area contributed by atoms with Gasteiger partial charge in [0.2, 0.25) is 0 Å². The minimum atomic E-state index is -0.726. The summed E-state index contributed by atoms with van der Waals surface area (Å²) in [4.78, 5) is 15.0. The molecule has 0 aliphatic carbocycles. The van der Waals surface area contributed by atoms with Gasteiger partial charge in [0, 0.05) is 30.2 Å². The molecule has 2 rings (SSSR count). The van der Waals surface area contributed by atoms with Crippen molar-refractivity contribution in [2.24, 2.45) is 5.41 Å². The van der Waals surface area contributed by atoms with Gasteiger partial charge in [-0.15, -0.1) is 0 Å². The number of pyridine rings is 1. The second-order valence-electron chi connectivity index (χ2n) is 6.11. The van der Waals surface area contributed by atoms with Crippen molar-refractivity contribution in [1.29, 1.82) is 0 Å². The van der Waals surface area contributed by atoms with E-state index in [9.17, 15) is 4.79 Å². The minimum absolute atomic E-state index is 0.0220. The molecule has 0 amide bonds. The molecule has 0 radical (unpaired) electrons. The lowest BCUT2D eigenvalue weighted by Gasteiger charge is -2.24. The number of benzene rings is 1. The number of nitrogens with one attached hydrogen (secondary N) is 1. The lowest BCUT2D eigenvalue weighted by Crippen LogP contribution is -2.18. The van der Waals surface area contributed by atoms with E-state index in [1.54, 1.807) is 6.20 Å². The van der Waals surface area contributed by atoms with Crippen molar-refractivity contribution in [3.05, 3.63) is 36.5 Å². The summed E-state index contributed by atoms with van der Waals surface area (Å²) in [6.45, 7) is 5.05. The van der Waals surface area contributed by atoms with Gasteiger partial charge in [-0.05, 0) is 30.4 Å². The standard InChI is InChI=1S/C17H22N2O2/c1-17(2,9-7-16(20)21)10-12-19-15-8-11-18-14-6-4-3-5-13(14)15/h3-6,8,11H,7,9-10,12H2,1-2H3,(H,18,19)(H,20,21). The molecule has 0 aliphatic rings. The number of anilines is 1. The van der Waals surface area contributed by atoms with Gasteiger partial charge in [0.25, 0.3) is 0 Å². The number of nitrogens with zero attached hydrogens (tertiary/aromatic N) is 1. The third-order valence-electron chi connectivity index (χ3n) is 3.78. The van der Waals surface area contributed by atoms with Gasteiger partial charge in [-0.1, -0.05) is 32.0 Å². The van der Waals surface area contributed by atoms with Crippen LogP contribution in [0.3, 0.4) is 0 Å². The number of carbonyl (C=O) groups is 1. The Labute approximate surface area is 125 Å². The van der Waals surface area contributed by atoms with Crippen LogP contribution in [0, 0.1) is 5.41 Å². The number of aliphatic carboxylic acids is 1. The van der Waals surface area contributed by atoms with Gasteiger partial charge in [-0.3, -0.25) is 9.78 Å². The number of carboxylic acid groups (broad SMARTS) is 1. The Bertz CT molecular complexity index is 618. The minimum Gasteiger partial charge on any atom is -0.481 e. The smallest absolute Gasteiger partial charge is 0.303 e. The highest BCUT2D eigenvalue weighted by Gasteiger charge is 2.18. The van der Waals surface area contributed by atoms with Crippen LogP contribution in [-0.2, 0) is 4.79 Å². The molecule has 4 nitrogen and oxygen atoms in total. The zero-order valence-electron chi connectivity index (χ0n) is 12.6. The average Bonchev–Trinajstić information content (AvgIpc) is 2.45. The van der Waals surface area contributed by atoms with E-state index in [4.69, 9.17) is 5.11 Å². The first-order valence-corrected chi connectivity index (χ1v) is 7.27. The Balaban J connectivity index is 1.94. The summed E-state index contributed by atoms with van der Waals surface area (Å²) in [6, 6.07) is 10.0. The maximum absolute atomic E-state index is 10.7. The number of hydrogen-bond acceptors (Lipinski definition) is 3. The molecule has 21 heavy (non-hydrogen) atoms. The van der Waals surface area contributed by atoms with Crippen molar-refractivity contribution in [3.8, 4) is 0 Å². The van der Waals surface area contributed by atoms with E-state index >= 15 is 0 Å². The number of carboxylic acids is 1. The number of rotatable bonds is 7. The Hall–Kier alpha value is -2.10. The predicted molar refractivity (Wildman–Crippen MR) is 85.5 cm³/mol. The lowest BCUT2D eigenvalue weighted by atomic mass is 9.84. The second kappa shape index (κ2) is 6.57. The predicted octanol–water partition coefficient (Wildman–Crippen LogP) is 3.93. The number of aromatic nitrogens is 1. The molecule has 1 aromatic carbocycles. The van der Waals surface area contributed by atoms with E-state index in [0.717, 1.165) is 29.6 Å². The fourth-order valence-electron chi connectivity index (χ4n) is 2.36.